The van der Waals surface area contributed by atoms with Crippen LogP contribution >= 0.6 is 0 Å². The first-order valence-electron chi connectivity index (χ1n) is 12.4. The van der Waals surface area contributed by atoms with Gasteiger partial charge in [0, 0.05) is 36.6 Å². The summed E-state index contributed by atoms with van der Waals surface area (Å²) in [5.74, 6) is 1.69. The maximum atomic E-state index is 9.98. The molecule has 2 saturated heterocycles. The van der Waals surface area contributed by atoms with Gasteiger partial charge in [0.1, 0.15) is 12.1 Å². The second-order valence-corrected chi connectivity index (χ2v) is 10.8. The summed E-state index contributed by atoms with van der Waals surface area (Å²) < 4.78 is 7.33. The van der Waals surface area contributed by atoms with Crippen LogP contribution in [0.15, 0.2) is 36.8 Å². The van der Waals surface area contributed by atoms with E-state index in [1.165, 1.54) is 12.8 Å². The predicted octanol–water partition coefficient (Wildman–Crippen LogP) is 3.06. The van der Waals surface area contributed by atoms with Crippen molar-refractivity contribution in [3.8, 4) is 11.9 Å². The van der Waals surface area contributed by atoms with Crippen LogP contribution in [0.25, 0.3) is 16.7 Å². The van der Waals surface area contributed by atoms with Gasteiger partial charge in [-0.25, -0.2) is 14.6 Å². The van der Waals surface area contributed by atoms with Gasteiger partial charge in [0.2, 0.25) is 0 Å². The van der Waals surface area contributed by atoms with E-state index in [1.807, 2.05) is 16.9 Å². The largest absolute Gasteiger partial charge is 0.378 e. The molecule has 8 heteroatoms. The van der Waals surface area contributed by atoms with Gasteiger partial charge in [-0.3, -0.25) is 4.90 Å². The molecule has 2 aliphatic heterocycles. The predicted molar refractivity (Wildman–Crippen MR) is 128 cm³/mol. The number of piperazine rings is 1. The van der Waals surface area contributed by atoms with Crippen LogP contribution in [-0.4, -0.2) is 69.1 Å². The zero-order valence-electron chi connectivity index (χ0n) is 19.7. The Hall–Kier alpha value is -3.02. The SMILES string of the molecule is C[C@@H]1CN(c2cc(-n3ncc4ccc([C@]5(C#N)CC56CC6)cc43)ncn2)C[C@H](C)N1C1COC1. The van der Waals surface area contributed by atoms with Crippen LogP contribution in [0, 0.1) is 16.7 Å². The zero-order chi connectivity index (χ0) is 23.1. The van der Waals surface area contributed by atoms with E-state index in [0.29, 0.717) is 18.1 Å². The molecule has 1 spiro atoms. The van der Waals surface area contributed by atoms with Crippen molar-refractivity contribution in [2.24, 2.45) is 5.41 Å². The molecule has 0 unspecified atom stereocenters. The Morgan fingerprint density at radius 1 is 1.06 bits per heavy atom. The number of nitriles is 1. The molecule has 2 saturated carbocycles. The first-order valence-corrected chi connectivity index (χ1v) is 12.4. The molecular weight excluding hydrogens is 426 g/mol. The molecule has 1 aromatic carbocycles. The summed E-state index contributed by atoms with van der Waals surface area (Å²) >= 11 is 0. The van der Waals surface area contributed by atoms with E-state index in [2.05, 4.69) is 63.0 Å². The molecule has 2 aromatic heterocycles. The van der Waals surface area contributed by atoms with Crippen LogP contribution in [0.3, 0.4) is 0 Å². The maximum absolute atomic E-state index is 9.98. The van der Waals surface area contributed by atoms with Gasteiger partial charge in [-0.1, -0.05) is 12.1 Å². The van der Waals surface area contributed by atoms with Crippen LogP contribution in [0.2, 0.25) is 0 Å². The van der Waals surface area contributed by atoms with E-state index in [1.54, 1.807) is 6.33 Å². The lowest BCUT2D eigenvalue weighted by atomic mass is 9.93. The summed E-state index contributed by atoms with van der Waals surface area (Å²) in [6.07, 6.45) is 6.85. The van der Waals surface area contributed by atoms with Gasteiger partial charge >= 0.3 is 0 Å². The molecular formula is C26H29N7O. The standard InChI is InChI=1S/C26H29N7O/c1-17-10-31(11-18(2)32(17)21-12-34-13-21)23-8-24(29-16-28-23)33-22-7-20(4-3-19(22)9-30-33)26(15-27)14-25(26)5-6-25/h3-4,7-9,16-18,21H,5-6,10-14H2,1-2H3/t17-,18+,26-/m1/s1. The van der Waals surface area contributed by atoms with E-state index in [-0.39, 0.29) is 10.8 Å². The third-order valence-corrected chi connectivity index (χ3v) is 8.70. The van der Waals surface area contributed by atoms with Crippen molar-refractivity contribution in [2.75, 3.05) is 31.2 Å². The molecule has 4 fully saturated rings. The summed E-state index contributed by atoms with van der Waals surface area (Å²) in [7, 11) is 0. The first kappa shape index (κ1) is 20.4. The minimum absolute atomic E-state index is 0.240. The molecule has 3 aromatic rings. The number of hydrogen-bond donors (Lipinski definition) is 0. The molecule has 4 heterocycles. The Labute approximate surface area is 199 Å². The Morgan fingerprint density at radius 2 is 1.82 bits per heavy atom. The van der Waals surface area contributed by atoms with Gasteiger partial charge < -0.3 is 9.64 Å². The minimum atomic E-state index is -0.315. The fourth-order valence-corrected chi connectivity index (χ4v) is 6.58. The number of benzene rings is 1. The minimum Gasteiger partial charge on any atom is -0.378 e. The van der Waals surface area contributed by atoms with Crippen molar-refractivity contribution >= 4 is 16.7 Å². The van der Waals surface area contributed by atoms with Crippen molar-refractivity contribution in [1.82, 2.24) is 24.6 Å². The first-order chi connectivity index (χ1) is 16.5. The average molecular weight is 456 g/mol. The third kappa shape index (κ3) is 2.80. The van der Waals surface area contributed by atoms with Crippen LogP contribution < -0.4 is 4.90 Å². The summed E-state index contributed by atoms with van der Waals surface area (Å²) in [6, 6.07) is 12.5. The number of ether oxygens (including phenoxy) is 1. The second kappa shape index (κ2) is 7.00. The molecule has 34 heavy (non-hydrogen) atoms. The molecule has 7 rings (SSSR count). The van der Waals surface area contributed by atoms with Crippen molar-refractivity contribution in [1.29, 1.82) is 5.26 Å². The Bertz CT molecular complexity index is 1310. The molecule has 0 N–H and O–H groups in total. The Balaban J connectivity index is 1.20. The highest BCUT2D eigenvalue weighted by Crippen LogP contribution is 2.78. The lowest BCUT2D eigenvalue weighted by Gasteiger charge is -2.50. The van der Waals surface area contributed by atoms with E-state index >= 15 is 0 Å². The normalized spacial score (nSPS) is 30.3. The van der Waals surface area contributed by atoms with E-state index in [4.69, 9.17) is 4.74 Å². The topological polar surface area (TPSA) is 83.1 Å². The highest BCUT2D eigenvalue weighted by molar-refractivity contribution is 5.82. The van der Waals surface area contributed by atoms with Crippen molar-refractivity contribution in [3.05, 3.63) is 42.4 Å². The molecule has 0 bridgehead atoms. The molecule has 8 nitrogen and oxygen atoms in total. The second-order valence-electron chi connectivity index (χ2n) is 10.8. The quantitative estimate of drug-likeness (QED) is 0.598. The van der Waals surface area contributed by atoms with Crippen LogP contribution in [0.1, 0.15) is 38.7 Å². The zero-order valence-corrected chi connectivity index (χ0v) is 19.7. The average Bonchev–Trinajstić information content (AvgIpc) is 3.69. The lowest BCUT2D eigenvalue weighted by Crippen LogP contribution is -2.64. The number of fused-ring (bicyclic) bond motifs is 1. The summed E-state index contributed by atoms with van der Waals surface area (Å²) in [5.41, 5.74) is 2.04. The van der Waals surface area contributed by atoms with Crippen molar-refractivity contribution in [3.63, 3.8) is 0 Å². The van der Waals surface area contributed by atoms with E-state index in [9.17, 15) is 5.26 Å². The fraction of sp³-hybridized carbons (Fsp3) is 0.538. The maximum Gasteiger partial charge on any atom is 0.159 e. The summed E-state index contributed by atoms with van der Waals surface area (Å²) in [5, 5.41) is 15.7. The summed E-state index contributed by atoms with van der Waals surface area (Å²) in [6.45, 7) is 8.12. The van der Waals surface area contributed by atoms with Gasteiger partial charge in [-0.2, -0.15) is 10.4 Å². The number of rotatable bonds is 4. The molecule has 0 amide bonds. The van der Waals surface area contributed by atoms with Crippen molar-refractivity contribution < 1.29 is 4.74 Å². The third-order valence-electron chi connectivity index (χ3n) is 8.70. The van der Waals surface area contributed by atoms with Crippen LogP contribution in [0.4, 0.5) is 5.82 Å². The van der Waals surface area contributed by atoms with E-state index < -0.39 is 0 Å². The van der Waals surface area contributed by atoms with Gasteiger partial charge in [0.15, 0.2) is 5.82 Å². The highest BCUT2D eigenvalue weighted by Gasteiger charge is 2.75. The van der Waals surface area contributed by atoms with E-state index in [0.717, 1.165) is 60.8 Å². The monoisotopic (exact) mass is 455 g/mol. The van der Waals surface area contributed by atoms with Gasteiger partial charge in [-0.05, 0) is 50.2 Å². The fourth-order valence-electron chi connectivity index (χ4n) is 6.58. The number of hydrogen-bond acceptors (Lipinski definition) is 7. The number of aromatic nitrogens is 4. The van der Waals surface area contributed by atoms with Gasteiger partial charge in [0.05, 0.1) is 42.5 Å². The molecule has 4 aliphatic rings. The van der Waals surface area contributed by atoms with Crippen LogP contribution in [-0.2, 0) is 10.2 Å². The lowest BCUT2D eigenvalue weighted by molar-refractivity contribution is -0.0941. The number of anilines is 1. The number of nitrogens with zero attached hydrogens (tertiary/aromatic N) is 7. The Kier molecular flexibility index (Phi) is 4.19. The Morgan fingerprint density at radius 3 is 2.47 bits per heavy atom. The molecule has 174 valence electrons. The summed E-state index contributed by atoms with van der Waals surface area (Å²) in [4.78, 5) is 14.1. The smallest absolute Gasteiger partial charge is 0.159 e. The highest BCUT2D eigenvalue weighted by atomic mass is 16.5. The van der Waals surface area contributed by atoms with Gasteiger partial charge in [0.25, 0.3) is 0 Å². The molecule has 2 aliphatic carbocycles. The van der Waals surface area contributed by atoms with Crippen molar-refractivity contribution in [2.45, 2.75) is 56.7 Å². The molecule has 0 radical (unpaired) electrons. The van der Waals surface area contributed by atoms with Crippen LogP contribution in [0.5, 0.6) is 0 Å². The van der Waals surface area contributed by atoms with Gasteiger partial charge in [-0.15, -0.1) is 0 Å². The molecule has 3 atom stereocenters.